The van der Waals surface area contributed by atoms with Gasteiger partial charge in [-0.15, -0.1) is 0 Å². The third-order valence-electron chi connectivity index (χ3n) is 1.86. The van der Waals surface area contributed by atoms with Crippen molar-refractivity contribution in [2.75, 3.05) is 12.0 Å². The molecule has 1 rings (SSSR count). The Bertz CT molecular complexity index is 303. The molecule has 0 aromatic carbocycles. The number of rotatable bonds is 2. The molecule has 2 atom stereocenters. The zero-order chi connectivity index (χ0) is 8.70. The Hall–Kier alpha value is -0.600. The van der Waals surface area contributed by atoms with Gasteiger partial charge < -0.3 is 5.73 Å². The first kappa shape index (κ1) is 8.50. The second kappa shape index (κ2) is 2.19. The van der Waals surface area contributed by atoms with Gasteiger partial charge in [0.05, 0.1) is 11.8 Å². The summed E-state index contributed by atoms with van der Waals surface area (Å²) in [7, 11) is -2.97. The van der Waals surface area contributed by atoms with Crippen LogP contribution in [0.1, 0.15) is 6.42 Å². The van der Waals surface area contributed by atoms with Gasteiger partial charge in [0.2, 0.25) is 0 Å². The van der Waals surface area contributed by atoms with Crippen LogP contribution in [0.2, 0.25) is 0 Å². The summed E-state index contributed by atoms with van der Waals surface area (Å²) in [5.74, 6) is -0.112. The predicted molar refractivity (Wildman–Crippen MR) is 40.3 cm³/mol. The Kier molecular flexibility index (Phi) is 1.69. The van der Waals surface area contributed by atoms with Gasteiger partial charge in [0, 0.05) is 12.2 Å². The van der Waals surface area contributed by atoms with E-state index in [1.165, 1.54) is 0 Å². The van der Waals surface area contributed by atoms with E-state index in [4.69, 9.17) is 11.0 Å². The Morgan fingerprint density at radius 2 is 2.36 bits per heavy atom. The van der Waals surface area contributed by atoms with Crippen LogP contribution in [-0.4, -0.2) is 26.0 Å². The third kappa shape index (κ3) is 1.91. The molecule has 0 radical (unpaired) electrons. The second-order valence-corrected chi connectivity index (χ2v) is 5.33. The first-order chi connectivity index (χ1) is 4.87. The van der Waals surface area contributed by atoms with Crippen LogP contribution < -0.4 is 5.73 Å². The molecule has 11 heavy (non-hydrogen) atoms. The van der Waals surface area contributed by atoms with Crippen molar-refractivity contribution in [1.82, 2.24) is 0 Å². The second-order valence-electron chi connectivity index (χ2n) is 3.15. The van der Waals surface area contributed by atoms with E-state index in [0.717, 1.165) is 6.26 Å². The fraction of sp³-hybridized carbons (Fsp3) is 0.833. The molecule has 0 heterocycles. The smallest absolute Gasteiger partial charge is 0.147 e. The summed E-state index contributed by atoms with van der Waals surface area (Å²) in [6.07, 6.45) is 1.67. The first-order valence-corrected chi connectivity index (χ1v) is 5.31. The Morgan fingerprint density at radius 3 is 2.64 bits per heavy atom. The van der Waals surface area contributed by atoms with Gasteiger partial charge >= 0.3 is 0 Å². The zero-order valence-electron chi connectivity index (χ0n) is 6.24. The van der Waals surface area contributed by atoms with Crippen molar-refractivity contribution in [1.29, 1.82) is 5.26 Å². The van der Waals surface area contributed by atoms with Crippen molar-refractivity contribution in [3.63, 3.8) is 0 Å². The van der Waals surface area contributed by atoms with E-state index in [0.29, 0.717) is 6.42 Å². The summed E-state index contributed by atoms with van der Waals surface area (Å²) in [6, 6.07) is 1.90. The van der Waals surface area contributed by atoms with Crippen molar-refractivity contribution in [2.24, 2.45) is 11.7 Å². The van der Waals surface area contributed by atoms with Crippen molar-refractivity contribution < 1.29 is 8.42 Å². The van der Waals surface area contributed by atoms with Gasteiger partial charge in [-0.2, -0.15) is 5.26 Å². The molecule has 1 fully saturated rings. The van der Waals surface area contributed by atoms with Crippen LogP contribution in [0.5, 0.6) is 0 Å². The summed E-state index contributed by atoms with van der Waals surface area (Å²) >= 11 is 0. The highest BCUT2D eigenvalue weighted by Crippen LogP contribution is 2.40. The molecule has 0 spiro atoms. The van der Waals surface area contributed by atoms with Gasteiger partial charge in [0.15, 0.2) is 0 Å². The fourth-order valence-corrected chi connectivity index (χ4v) is 2.20. The summed E-state index contributed by atoms with van der Waals surface area (Å²) < 4.78 is 21.4. The molecule has 5 heteroatoms. The van der Waals surface area contributed by atoms with Crippen molar-refractivity contribution in [3.05, 3.63) is 0 Å². The highest BCUT2D eigenvalue weighted by molar-refractivity contribution is 7.90. The maximum absolute atomic E-state index is 10.7. The van der Waals surface area contributed by atoms with Crippen LogP contribution in [0.25, 0.3) is 0 Å². The van der Waals surface area contributed by atoms with E-state index in [2.05, 4.69) is 0 Å². The van der Waals surface area contributed by atoms with Crippen LogP contribution in [0.3, 0.4) is 0 Å². The third-order valence-corrected chi connectivity index (χ3v) is 2.87. The highest BCUT2D eigenvalue weighted by Gasteiger charge is 2.52. The molecule has 0 aliphatic heterocycles. The zero-order valence-corrected chi connectivity index (χ0v) is 7.06. The van der Waals surface area contributed by atoms with Crippen molar-refractivity contribution in [3.8, 4) is 6.07 Å². The van der Waals surface area contributed by atoms with Crippen molar-refractivity contribution in [2.45, 2.75) is 12.0 Å². The average Bonchev–Trinajstić information content (AvgIpc) is 2.40. The number of nitrogens with two attached hydrogens (primary N) is 1. The molecular formula is C6H10N2O2S. The summed E-state index contributed by atoms with van der Waals surface area (Å²) in [5.41, 5.74) is 4.61. The maximum atomic E-state index is 10.7. The van der Waals surface area contributed by atoms with Gasteiger partial charge in [-0.05, 0) is 6.42 Å². The van der Waals surface area contributed by atoms with Gasteiger partial charge in [-0.3, -0.25) is 0 Å². The summed E-state index contributed by atoms with van der Waals surface area (Å²) in [5, 5.41) is 8.46. The van der Waals surface area contributed by atoms with Crippen LogP contribution in [0.4, 0.5) is 0 Å². The van der Waals surface area contributed by atoms with Crippen LogP contribution in [0, 0.1) is 17.2 Å². The van der Waals surface area contributed by atoms with E-state index in [-0.39, 0.29) is 11.7 Å². The van der Waals surface area contributed by atoms with Crippen LogP contribution in [-0.2, 0) is 9.84 Å². The Morgan fingerprint density at radius 1 is 1.82 bits per heavy atom. The minimum Gasteiger partial charge on any atom is -0.313 e. The first-order valence-electron chi connectivity index (χ1n) is 3.25. The largest absolute Gasteiger partial charge is 0.313 e. The SMILES string of the molecule is CS(=O)(=O)C[C@@H]1C[C@]1(N)C#N. The molecule has 0 saturated heterocycles. The van der Waals surface area contributed by atoms with Gasteiger partial charge in [-0.1, -0.05) is 0 Å². The fourth-order valence-electron chi connectivity index (χ4n) is 1.06. The molecule has 0 aromatic rings. The highest BCUT2D eigenvalue weighted by atomic mass is 32.2. The molecule has 0 bridgehead atoms. The van der Waals surface area contributed by atoms with E-state index in [1.807, 2.05) is 6.07 Å². The van der Waals surface area contributed by atoms with E-state index >= 15 is 0 Å². The number of nitriles is 1. The number of hydrogen-bond acceptors (Lipinski definition) is 4. The van der Waals surface area contributed by atoms with Gasteiger partial charge in [0.25, 0.3) is 0 Å². The van der Waals surface area contributed by atoms with Gasteiger partial charge in [0.1, 0.15) is 15.4 Å². The monoisotopic (exact) mass is 174 g/mol. The minimum absolute atomic E-state index is 0.0387. The average molecular weight is 174 g/mol. The standard InChI is InChI=1S/C6H10N2O2S/c1-11(9,10)3-5-2-6(5,8)4-7/h5H,2-3,8H2,1H3/t5-,6-/m0/s1. The molecule has 2 N–H and O–H groups in total. The van der Waals surface area contributed by atoms with E-state index < -0.39 is 15.4 Å². The van der Waals surface area contributed by atoms with E-state index in [9.17, 15) is 8.42 Å². The van der Waals surface area contributed by atoms with Crippen LogP contribution >= 0.6 is 0 Å². The molecule has 0 unspecified atom stereocenters. The molecule has 1 saturated carbocycles. The minimum atomic E-state index is -2.97. The summed E-state index contributed by atoms with van der Waals surface area (Å²) in [4.78, 5) is 0. The molecule has 1 aliphatic carbocycles. The predicted octanol–water partition coefficient (Wildman–Crippen LogP) is -0.728. The normalized spacial score (nSPS) is 36.3. The lowest BCUT2D eigenvalue weighted by Gasteiger charge is -1.97. The molecule has 0 amide bonds. The van der Waals surface area contributed by atoms with Crippen molar-refractivity contribution >= 4 is 9.84 Å². The Labute approximate surface area is 65.9 Å². The van der Waals surface area contributed by atoms with E-state index in [1.54, 1.807) is 0 Å². The quantitative estimate of drug-likeness (QED) is 0.598. The molecule has 0 aromatic heterocycles. The lowest BCUT2D eigenvalue weighted by Crippen LogP contribution is -2.25. The number of sulfone groups is 1. The maximum Gasteiger partial charge on any atom is 0.147 e. The summed E-state index contributed by atoms with van der Waals surface area (Å²) in [6.45, 7) is 0. The molecule has 1 aliphatic rings. The van der Waals surface area contributed by atoms with Gasteiger partial charge in [-0.25, -0.2) is 8.42 Å². The van der Waals surface area contributed by atoms with Crippen LogP contribution in [0.15, 0.2) is 0 Å². The Balaban J connectivity index is 2.55. The molecule has 62 valence electrons. The number of hydrogen-bond donors (Lipinski definition) is 1. The topological polar surface area (TPSA) is 83.9 Å². The lowest BCUT2D eigenvalue weighted by atomic mass is 10.3. The lowest BCUT2D eigenvalue weighted by molar-refractivity contribution is 0.595. The molecule has 4 nitrogen and oxygen atoms in total. The molecular weight excluding hydrogens is 164 g/mol. The number of nitrogens with zero attached hydrogens (tertiary/aromatic N) is 1.